The van der Waals surface area contributed by atoms with Crippen LogP contribution in [0.5, 0.6) is 0 Å². The van der Waals surface area contributed by atoms with Crippen molar-refractivity contribution >= 4 is 11.6 Å². The fraction of sp³-hybridized carbons (Fsp3) is 0.500. The molecule has 0 bridgehead atoms. The van der Waals surface area contributed by atoms with Crippen molar-refractivity contribution < 1.29 is 4.79 Å². The molecule has 18 heavy (non-hydrogen) atoms. The van der Waals surface area contributed by atoms with Crippen LogP contribution in [0.15, 0.2) is 24.3 Å². The number of likely N-dealkylation sites (N-methyl/N-ethyl adjacent to an activating group) is 1. The molecule has 1 unspecified atom stereocenters. The largest absolute Gasteiger partial charge is 0.399 e. The Bertz CT molecular complexity index is 419. The third-order valence-electron chi connectivity index (χ3n) is 3.44. The van der Waals surface area contributed by atoms with E-state index in [4.69, 9.17) is 5.73 Å². The van der Waals surface area contributed by atoms with Crippen molar-refractivity contribution in [3.8, 4) is 0 Å². The molecule has 0 aliphatic carbocycles. The van der Waals surface area contributed by atoms with Crippen molar-refractivity contribution in [2.45, 2.75) is 25.8 Å². The van der Waals surface area contributed by atoms with Gasteiger partial charge < -0.3 is 16.0 Å². The highest BCUT2D eigenvalue weighted by atomic mass is 16.1. The van der Waals surface area contributed by atoms with Gasteiger partial charge in [-0.3, -0.25) is 4.79 Å². The minimum Gasteiger partial charge on any atom is -0.399 e. The summed E-state index contributed by atoms with van der Waals surface area (Å²) in [6.07, 6.45) is 2.21. The van der Waals surface area contributed by atoms with Crippen molar-refractivity contribution in [3.05, 3.63) is 29.8 Å². The van der Waals surface area contributed by atoms with Gasteiger partial charge in [0.25, 0.3) is 5.91 Å². The highest BCUT2D eigenvalue weighted by molar-refractivity contribution is 5.95. The number of likely N-dealkylation sites (tertiary alicyclic amines) is 1. The number of nitrogens with one attached hydrogen (secondary N) is 1. The lowest BCUT2D eigenvalue weighted by molar-refractivity contribution is 0.0906. The summed E-state index contributed by atoms with van der Waals surface area (Å²) < 4.78 is 0. The van der Waals surface area contributed by atoms with E-state index in [9.17, 15) is 4.79 Å². The van der Waals surface area contributed by atoms with Crippen molar-refractivity contribution in [2.24, 2.45) is 0 Å². The van der Waals surface area contributed by atoms with Gasteiger partial charge in [0.2, 0.25) is 0 Å². The van der Waals surface area contributed by atoms with Crippen LogP contribution in [0.4, 0.5) is 5.69 Å². The maximum absolute atomic E-state index is 12.1. The Balaban J connectivity index is 1.95. The van der Waals surface area contributed by atoms with Gasteiger partial charge in [-0.25, -0.2) is 0 Å². The maximum Gasteiger partial charge on any atom is 0.251 e. The van der Waals surface area contributed by atoms with Crippen molar-refractivity contribution in [3.63, 3.8) is 0 Å². The highest BCUT2D eigenvalue weighted by Crippen LogP contribution is 2.11. The molecule has 3 N–H and O–H groups in total. The van der Waals surface area contributed by atoms with E-state index >= 15 is 0 Å². The summed E-state index contributed by atoms with van der Waals surface area (Å²) in [6, 6.07) is 7.37. The van der Waals surface area contributed by atoms with Crippen LogP contribution < -0.4 is 11.1 Å². The summed E-state index contributed by atoms with van der Waals surface area (Å²) in [7, 11) is 0. The van der Waals surface area contributed by atoms with Gasteiger partial charge >= 0.3 is 0 Å². The number of piperidine rings is 1. The lowest BCUT2D eigenvalue weighted by Crippen LogP contribution is -2.47. The van der Waals surface area contributed by atoms with Crippen LogP contribution in [0.25, 0.3) is 0 Å². The molecule has 1 heterocycles. The van der Waals surface area contributed by atoms with Crippen LogP contribution in [0.1, 0.15) is 30.1 Å². The normalized spacial score (nSPS) is 20.6. The van der Waals surface area contributed by atoms with Crippen LogP contribution in [-0.4, -0.2) is 36.5 Å². The Kier molecular flexibility index (Phi) is 4.20. The first-order valence-electron chi connectivity index (χ1n) is 6.58. The van der Waals surface area contributed by atoms with Gasteiger partial charge in [0.05, 0.1) is 0 Å². The van der Waals surface area contributed by atoms with Gasteiger partial charge in [-0.1, -0.05) is 13.0 Å². The summed E-state index contributed by atoms with van der Waals surface area (Å²) in [4.78, 5) is 14.4. The Hall–Kier alpha value is -1.55. The molecule has 1 aromatic rings. The van der Waals surface area contributed by atoms with E-state index in [1.54, 1.807) is 18.2 Å². The van der Waals surface area contributed by atoms with E-state index in [1.165, 1.54) is 0 Å². The fourth-order valence-corrected chi connectivity index (χ4v) is 2.41. The zero-order valence-electron chi connectivity index (χ0n) is 10.9. The molecule has 1 aromatic carbocycles. The molecular formula is C14H21N3O. The number of hydrogen-bond donors (Lipinski definition) is 2. The molecule has 0 spiro atoms. The van der Waals surface area contributed by atoms with Crippen molar-refractivity contribution in [1.82, 2.24) is 10.2 Å². The Labute approximate surface area is 108 Å². The smallest absolute Gasteiger partial charge is 0.251 e. The van der Waals surface area contributed by atoms with Gasteiger partial charge in [0.1, 0.15) is 0 Å². The first-order valence-corrected chi connectivity index (χ1v) is 6.58. The van der Waals surface area contributed by atoms with Gasteiger partial charge in [-0.15, -0.1) is 0 Å². The molecule has 1 aliphatic rings. The van der Waals surface area contributed by atoms with E-state index in [-0.39, 0.29) is 11.9 Å². The number of carbonyl (C=O) groups excluding carboxylic acids is 1. The molecule has 1 fully saturated rings. The molecule has 1 atom stereocenters. The Morgan fingerprint density at radius 3 is 3.11 bits per heavy atom. The second-order valence-electron chi connectivity index (χ2n) is 4.83. The topological polar surface area (TPSA) is 58.4 Å². The van der Waals surface area contributed by atoms with Crippen LogP contribution in [0.3, 0.4) is 0 Å². The Morgan fingerprint density at radius 1 is 1.56 bits per heavy atom. The summed E-state index contributed by atoms with van der Waals surface area (Å²) in [6.45, 7) is 5.29. The predicted molar refractivity (Wildman–Crippen MR) is 73.5 cm³/mol. The van der Waals surface area contributed by atoms with Crippen molar-refractivity contribution in [2.75, 3.05) is 25.4 Å². The van der Waals surface area contributed by atoms with Crippen LogP contribution in [0, 0.1) is 0 Å². The van der Waals surface area contributed by atoms with Gasteiger partial charge in [0, 0.05) is 23.8 Å². The van der Waals surface area contributed by atoms with Crippen LogP contribution >= 0.6 is 0 Å². The minimum absolute atomic E-state index is 0.0229. The number of benzene rings is 1. The average Bonchev–Trinajstić information content (AvgIpc) is 2.39. The number of hydrogen-bond acceptors (Lipinski definition) is 3. The number of anilines is 1. The molecule has 1 amide bonds. The summed E-state index contributed by atoms with van der Waals surface area (Å²) in [5.41, 5.74) is 6.95. The van der Waals surface area contributed by atoms with E-state index in [0.717, 1.165) is 32.5 Å². The molecule has 2 rings (SSSR count). The van der Waals surface area contributed by atoms with E-state index in [1.807, 2.05) is 6.07 Å². The number of rotatable bonds is 3. The second-order valence-corrected chi connectivity index (χ2v) is 4.83. The van der Waals surface area contributed by atoms with Crippen LogP contribution in [0.2, 0.25) is 0 Å². The number of amides is 1. The molecule has 1 aliphatic heterocycles. The van der Waals surface area contributed by atoms with Crippen molar-refractivity contribution in [1.29, 1.82) is 0 Å². The highest BCUT2D eigenvalue weighted by Gasteiger charge is 2.20. The summed E-state index contributed by atoms with van der Waals surface area (Å²) in [5, 5.41) is 3.09. The number of carbonyl (C=O) groups is 1. The zero-order chi connectivity index (χ0) is 13.0. The van der Waals surface area contributed by atoms with Crippen LogP contribution in [-0.2, 0) is 0 Å². The molecule has 4 nitrogen and oxygen atoms in total. The van der Waals surface area contributed by atoms with Gasteiger partial charge in [-0.05, 0) is 44.1 Å². The summed E-state index contributed by atoms with van der Waals surface area (Å²) >= 11 is 0. The lowest BCUT2D eigenvalue weighted by atomic mass is 10.0. The molecular weight excluding hydrogens is 226 g/mol. The molecule has 0 saturated carbocycles. The average molecular weight is 247 g/mol. The number of nitrogens with zero attached hydrogens (tertiary/aromatic N) is 1. The van der Waals surface area contributed by atoms with E-state index in [0.29, 0.717) is 11.3 Å². The number of nitrogens with two attached hydrogens (primary N) is 1. The fourth-order valence-electron chi connectivity index (χ4n) is 2.41. The minimum atomic E-state index is -0.0229. The third-order valence-corrected chi connectivity index (χ3v) is 3.44. The standard InChI is InChI=1S/C14H21N3O/c1-2-17-8-4-7-13(10-17)16-14(18)11-5-3-6-12(15)9-11/h3,5-6,9,13H,2,4,7-8,10,15H2,1H3,(H,16,18). The molecule has 0 radical (unpaired) electrons. The van der Waals surface area contributed by atoms with Gasteiger partial charge in [-0.2, -0.15) is 0 Å². The monoisotopic (exact) mass is 247 g/mol. The zero-order valence-corrected chi connectivity index (χ0v) is 10.9. The second kappa shape index (κ2) is 5.87. The number of nitrogen functional groups attached to an aromatic ring is 1. The Morgan fingerprint density at radius 2 is 2.39 bits per heavy atom. The van der Waals surface area contributed by atoms with E-state index < -0.39 is 0 Å². The molecule has 4 heteroatoms. The molecule has 1 saturated heterocycles. The first kappa shape index (κ1) is 12.9. The molecule has 0 aromatic heterocycles. The van der Waals surface area contributed by atoms with Gasteiger partial charge in [0.15, 0.2) is 0 Å². The maximum atomic E-state index is 12.1. The quantitative estimate of drug-likeness (QED) is 0.795. The SMILES string of the molecule is CCN1CCCC(NC(=O)c2cccc(N)c2)C1. The third kappa shape index (κ3) is 3.23. The lowest BCUT2D eigenvalue weighted by Gasteiger charge is -2.32. The van der Waals surface area contributed by atoms with E-state index in [2.05, 4.69) is 17.1 Å². The predicted octanol–water partition coefficient (Wildman–Crippen LogP) is 1.48. The molecule has 98 valence electrons. The first-order chi connectivity index (χ1) is 8.69. The summed E-state index contributed by atoms with van der Waals surface area (Å²) in [5.74, 6) is -0.0229.